The molecule has 1 aliphatic rings. The van der Waals surface area contributed by atoms with Crippen LogP contribution in [0.25, 0.3) is 0 Å². The number of rotatable bonds is 2. The molecule has 0 saturated carbocycles. The van der Waals surface area contributed by atoms with Gasteiger partial charge in [0.1, 0.15) is 0 Å². The molecule has 0 aromatic heterocycles. The number of anilines is 2. The van der Waals surface area contributed by atoms with Crippen molar-refractivity contribution in [1.29, 1.82) is 0 Å². The average molecular weight is 350 g/mol. The minimum atomic E-state index is -1.06. The second-order valence-electron chi connectivity index (χ2n) is 5.17. The molecule has 23 heavy (non-hydrogen) atoms. The van der Waals surface area contributed by atoms with Gasteiger partial charge in [0.25, 0.3) is 0 Å². The van der Waals surface area contributed by atoms with Crippen LogP contribution in [0.5, 0.6) is 0 Å². The van der Waals surface area contributed by atoms with Crippen LogP contribution in [0.4, 0.5) is 11.4 Å². The van der Waals surface area contributed by atoms with Crippen molar-refractivity contribution >= 4 is 46.3 Å². The quantitative estimate of drug-likeness (QED) is 0.611. The Balaban J connectivity index is 2.25. The molecule has 118 valence electrons. The van der Waals surface area contributed by atoms with Crippen molar-refractivity contribution < 1.29 is 14.3 Å². The monoisotopic (exact) mass is 349 g/mol. The fourth-order valence-electron chi connectivity index (χ4n) is 2.80. The molecule has 4 nitrogen and oxygen atoms in total. The third-order valence-corrected chi connectivity index (χ3v) is 4.24. The third kappa shape index (κ3) is 2.80. The number of benzene rings is 2. The van der Waals surface area contributed by atoms with Crippen LogP contribution in [-0.4, -0.2) is 24.9 Å². The Morgan fingerprint density at radius 1 is 1.22 bits per heavy atom. The van der Waals surface area contributed by atoms with E-state index in [0.29, 0.717) is 27.0 Å². The maximum Gasteiger partial charge on any atom is 0.336 e. The lowest BCUT2D eigenvalue weighted by Gasteiger charge is -2.36. The van der Waals surface area contributed by atoms with Gasteiger partial charge >= 0.3 is 5.97 Å². The Morgan fingerprint density at radius 2 is 1.91 bits per heavy atom. The summed E-state index contributed by atoms with van der Waals surface area (Å²) in [4.78, 5) is 26.3. The van der Waals surface area contributed by atoms with E-state index >= 15 is 0 Å². The van der Waals surface area contributed by atoms with Crippen LogP contribution in [0.3, 0.4) is 0 Å². The minimum absolute atomic E-state index is 0.0821. The summed E-state index contributed by atoms with van der Waals surface area (Å²) in [6.07, 6.45) is 0.0821. The lowest BCUT2D eigenvalue weighted by atomic mass is 9.93. The first-order chi connectivity index (χ1) is 11.0. The number of para-hydroxylation sites is 1. The van der Waals surface area contributed by atoms with E-state index in [1.165, 1.54) is 7.11 Å². The van der Waals surface area contributed by atoms with Gasteiger partial charge in [0.05, 0.1) is 17.8 Å². The van der Waals surface area contributed by atoms with Gasteiger partial charge in [0.2, 0.25) is 0 Å². The molecule has 1 heterocycles. The van der Waals surface area contributed by atoms with Crippen LogP contribution in [0.15, 0.2) is 42.5 Å². The van der Waals surface area contributed by atoms with Gasteiger partial charge in [-0.3, -0.25) is 4.79 Å². The van der Waals surface area contributed by atoms with E-state index in [2.05, 4.69) is 0 Å². The molecule has 0 saturated heterocycles. The highest BCUT2D eigenvalue weighted by Gasteiger charge is 2.41. The van der Waals surface area contributed by atoms with Gasteiger partial charge in [-0.15, -0.1) is 0 Å². The van der Waals surface area contributed by atoms with Crippen molar-refractivity contribution in [2.45, 2.75) is 12.5 Å². The molecule has 0 amide bonds. The minimum Gasteiger partial charge on any atom is -0.467 e. The molecule has 1 unspecified atom stereocenters. The summed E-state index contributed by atoms with van der Waals surface area (Å²) >= 11 is 12.4. The number of Topliss-reactive ketones (excluding diaryl/α,β-unsaturated/α-hetero) is 1. The Morgan fingerprint density at radius 3 is 2.57 bits per heavy atom. The van der Waals surface area contributed by atoms with Gasteiger partial charge in [0, 0.05) is 17.1 Å². The molecule has 2 aromatic carbocycles. The van der Waals surface area contributed by atoms with E-state index in [-0.39, 0.29) is 12.2 Å². The van der Waals surface area contributed by atoms with Crippen LogP contribution in [0.2, 0.25) is 10.0 Å². The number of hydrogen-bond donors (Lipinski definition) is 0. The smallest absolute Gasteiger partial charge is 0.336 e. The number of ether oxygens (including phenoxy) is 1. The van der Waals surface area contributed by atoms with E-state index in [0.717, 1.165) is 0 Å². The summed E-state index contributed by atoms with van der Waals surface area (Å²) < 4.78 is 4.82. The fourth-order valence-corrected chi connectivity index (χ4v) is 3.42. The number of carbonyl (C=O) groups is 2. The van der Waals surface area contributed by atoms with Crippen LogP contribution < -0.4 is 4.90 Å². The predicted molar refractivity (Wildman–Crippen MR) is 89.6 cm³/mol. The number of fused-ring (bicyclic) bond motifs is 1. The average Bonchev–Trinajstić information content (AvgIpc) is 2.53. The number of methoxy groups -OCH3 is 1. The largest absolute Gasteiger partial charge is 0.467 e. The number of nitrogens with zero attached hydrogens (tertiary/aromatic N) is 1. The molecule has 0 N–H and O–H groups in total. The van der Waals surface area contributed by atoms with Gasteiger partial charge in [0.15, 0.2) is 11.8 Å². The second kappa shape index (κ2) is 6.22. The molecule has 1 atom stereocenters. The first-order valence-corrected chi connectivity index (χ1v) is 7.71. The lowest BCUT2D eigenvalue weighted by Crippen LogP contribution is -2.49. The molecule has 0 spiro atoms. The fraction of sp³-hybridized carbons (Fsp3) is 0.176. The molecule has 0 fully saturated rings. The summed E-state index contributed by atoms with van der Waals surface area (Å²) in [5.74, 6) is -0.873. The molecule has 3 rings (SSSR count). The zero-order valence-corrected chi connectivity index (χ0v) is 13.8. The van der Waals surface area contributed by atoms with Crippen LogP contribution in [0.1, 0.15) is 5.56 Å². The molecule has 6 heteroatoms. The van der Waals surface area contributed by atoms with Crippen LogP contribution in [-0.2, 0) is 20.7 Å². The highest BCUT2D eigenvalue weighted by atomic mass is 35.5. The van der Waals surface area contributed by atoms with E-state index in [9.17, 15) is 9.59 Å². The van der Waals surface area contributed by atoms with Crippen molar-refractivity contribution in [2.75, 3.05) is 12.0 Å². The summed E-state index contributed by atoms with van der Waals surface area (Å²) in [5, 5.41) is 0.837. The van der Waals surface area contributed by atoms with Gasteiger partial charge in [-0.2, -0.15) is 0 Å². The summed E-state index contributed by atoms with van der Waals surface area (Å²) in [6.45, 7) is 0. The van der Waals surface area contributed by atoms with Crippen molar-refractivity contribution in [3.05, 3.63) is 58.1 Å². The van der Waals surface area contributed by atoms with Crippen molar-refractivity contribution in [3.63, 3.8) is 0 Å². The Hall–Kier alpha value is -2.04. The standard InChI is InChI=1S/C17H13Cl2NO3/c1-23-17(22)16-14(21)8-10-7-11(18)9-13(19)15(10)20(16)12-5-3-2-4-6-12/h2-7,9,16H,8H2,1H3. The maximum absolute atomic E-state index is 12.5. The first kappa shape index (κ1) is 15.8. The SMILES string of the molecule is COC(=O)C1C(=O)Cc2cc(Cl)cc(Cl)c2N1c1ccccc1. The number of esters is 1. The van der Waals surface area contributed by atoms with E-state index in [1.807, 2.05) is 30.3 Å². The highest BCUT2D eigenvalue weighted by molar-refractivity contribution is 6.37. The normalized spacial score (nSPS) is 16.9. The molecule has 0 aliphatic carbocycles. The number of hydrogen-bond acceptors (Lipinski definition) is 4. The molecular formula is C17H13Cl2NO3. The Bertz CT molecular complexity index is 777. The second-order valence-corrected chi connectivity index (χ2v) is 6.01. The zero-order chi connectivity index (χ0) is 16.6. The topological polar surface area (TPSA) is 46.6 Å². The highest BCUT2D eigenvalue weighted by Crippen LogP contribution is 2.42. The van der Waals surface area contributed by atoms with Crippen LogP contribution in [0, 0.1) is 0 Å². The van der Waals surface area contributed by atoms with Crippen molar-refractivity contribution in [3.8, 4) is 0 Å². The Kier molecular flexibility index (Phi) is 4.28. The van der Waals surface area contributed by atoms with Crippen molar-refractivity contribution in [1.82, 2.24) is 0 Å². The number of ketones is 1. The summed E-state index contributed by atoms with van der Waals surface area (Å²) in [5.41, 5.74) is 1.98. The maximum atomic E-state index is 12.5. The summed E-state index contributed by atoms with van der Waals surface area (Å²) in [7, 11) is 1.26. The Labute approximate surface area is 143 Å². The lowest BCUT2D eigenvalue weighted by molar-refractivity contribution is -0.145. The van der Waals surface area contributed by atoms with E-state index in [4.69, 9.17) is 27.9 Å². The van der Waals surface area contributed by atoms with E-state index in [1.54, 1.807) is 17.0 Å². The molecule has 0 radical (unpaired) electrons. The first-order valence-electron chi connectivity index (χ1n) is 6.95. The number of carbonyl (C=O) groups excluding carboxylic acids is 2. The molecule has 0 bridgehead atoms. The number of halogens is 2. The van der Waals surface area contributed by atoms with E-state index < -0.39 is 12.0 Å². The van der Waals surface area contributed by atoms with Gasteiger partial charge in [-0.25, -0.2) is 4.79 Å². The molecular weight excluding hydrogens is 337 g/mol. The molecule has 2 aromatic rings. The van der Waals surface area contributed by atoms with Crippen LogP contribution >= 0.6 is 23.2 Å². The predicted octanol–water partition coefficient (Wildman–Crippen LogP) is 3.80. The zero-order valence-electron chi connectivity index (χ0n) is 12.3. The summed E-state index contributed by atoms with van der Waals surface area (Å²) in [6, 6.07) is 11.4. The third-order valence-electron chi connectivity index (χ3n) is 3.73. The van der Waals surface area contributed by atoms with Crippen molar-refractivity contribution in [2.24, 2.45) is 0 Å². The molecule has 1 aliphatic heterocycles. The van der Waals surface area contributed by atoms with Gasteiger partial charge in [-0.1, -0.05) is 41.4 Å². The van der Waals surface area contributed by atoms with Gasteiger partial charge < -0.3 is 9.64 Å². The van der Waals surface area contributed by atoms with Gasteiger partial charge in [-0.05, 0) is 29.8 Å².